The fourth-order valence-electron chi connectivity index (χ4n) is 4.08. The van der Waals surface area contributed by atoms with Gasteiger partial charge in [-0.25, -0.2) is 0 Å². The molecule has 1 aliphatic heterocycles. The Balaban J connectivity index is 1.75. The molecule has 8 heteroatoms. The molecule has 0 fully saturated rings. The lowest BCUT2D eigenvalue weighted by Crippen LogP contribution is -2.29. The van der Waals surface area contributed by atoms with Gasteiger partial charge in [0, 0.05) is 43.7 Å². The van der Waals surface area contributed by atoms with Gasteiger partial charge in [-0.15, -0.1) is 0 Å². The largest absolute Gasteiger partial charge is 0.416 e. The number of rotatable bonds is 4. The van der Waals surface area contributed by atoms with E-state index in [9.17, 15) is 23.3 Å². The van der Waals surface area contributed by atoms with Gasteiger partial charge in [0.2, 0.25) is 0 Å². The Morgan fingerprint density at radius 3 is 2.60 bits per heavy atom. The Kier molecular flexibility index (Phi) is 5.34. The Morgan fingerprint density at radius 1 is 1.03 bits per heavy atom. The summed E-state index contributed by atoms with van der Waals surface area (Å²) in [6.45, 7) is 1.82. The molecule has 0 bridgehead atoms. The van der Waals surface area contributed by atoms with E-state index in [0.29, 0.717) is 18.7 Å². The smallest absolute Gasteiger partial charge is 0.350 e. The maximum absolute atomic E-state index is 13.3. The lowest BCUT2D eigenvalue weighted by Gasteiger charge is -2.31. The van der Waals surface area contributed by atoms with E-state index < -0.39 is 16.7 Å². The summed E-state index contributed by atoms with van der Waals surface area (Å²) in [6.07, 6.45) is -1.66. The van der Waals surface area contributed by atoms with E-state index in [1.807, 2.05) is 18.3 Å². The number of benzene rings is 2. The number of aromatic nitrogens is 1. The summed E-state index contributed by atoms with van der Waals surface area (Å²) in [5.74, 6) is 0. The molecule has 2 heterocycles. The van der Waals surface area contributed by atoms with Gasteiger partial charge >= 0.3 is 6.18 Å². The highest BCUT2D eigenvalue weighted by molar-refractivity contribution is 5.36. The zero-order chi connectivity index (χ0) is 21.3. The highest BCUT2D eigenvalue weighted by Crippen LogP contribution is 2.36. The number of aryl methyl sites for hydroxylation is 1. The van der Waals surface area contributed by atoms with Gasteiger partial charge in [0.15, 0.2) is 0 Å². The average Bonchev–Trinajstić information content (AvgIpc) is 3.09. The Labute approximate surface area is 171 Å². The van der Waals surface area contributed by atoms with Crippen LogP contribution in [0.5, 0.6) is 0 Å². The van der Waals surface area contributed by atoms with Crippen LogP contribution in [0.25, 0.3) is 0 Å². The van der Waals surface area contributed by atoms with Gasteiger partial charge in [0.05, 0.1) is 16.5 Å². The van der Waals surface area contributed by atoms with E-state index in [1.165, 1.54) is 24.3 Å². The number of halogens is 3. The van der Waals surface area contributed by atoms with Crippen molar-refractivity contribution in [2.75, 3.05) is 6.54 Å². The molecule has 2 aromatic carbocycles. The fourth-order valence-corrected chi connectivity index (χ4v) is 4.08. The molecule has 0 radical (unpaired) electrons. The van der Waals surface area contributed by atoms with E-state index in [-0.39, 0.29) is 11.7 Å². The minimum absolute atomic E-state index is 0.00122. The molecule has 0 amide bonds. The topological polar surface area (TPSA) is 51.3 Å². The summed E-state index contributed by atoms with van der Waals surface area (Å²) < 4.78 is 42.1. The van der Waals surface area contributed by atoms with Crippen LogP contribution in [-0.2, 0) is 19.3 Å². The normalized spacial score (nSPS) is 17.4. The fraction of sp³-hybridized carbons (Fsp3) is 0.273. The minimum atomic E-state index is -4.42. The van der Waals surface area contributed by atoms with Crippen molar-refractivity contribution < 1.29 is 18.1 Å². The van der Waals surface area contributed by atoms with Crippen molar-refractivity contribution in [2.45, 2.75) is 31.7 Å². The second-order valence-corrected chi connectivity index (χ2v) is 7.40. The first-order valence-corrected chi connectivity index (χ1v) is 9.62. The van der Waals surface area contributed by atoms with Crippen LogP contribution in [0, 0.1) is 10.1 Å². The van der Waals surface area contributed by atoms with Gasteiger partial charge in [-0.2, -0.15) is 13.2 Å². The molecule has 4 rings (SSSR count). The standard InChI is InChI=1S/C22H20F3N3O2/c23-22(24,25)18-7-2-6-17(14-18)21-20-9-3-10-26(20)11-4-12-27(21)15-16-5-1-8-19(13-16)28(29)30/h1-3,5-10,13-14,21H,4,11-12,15H2/t21-/m0/s1. The highest BCUT2D eigenvalue weighted by Gasteiger charge is 2.33. The summed E-state index contributed by atoms with van der Waals surface area (Å²) in [7, 11) is 0. The molecule has 0 saturated carbocycles. The van der Waals surface area contributed by atoms with Crippen LogP contribution in [0.1, 0.15) is 34.8 Å². The number of fused-ring (bicyclic) bond motifs is 1. The SMILES string of the molecule is O=[N+]([O-])c1cccc(CN2CCCn3cccc3[C@@H]2c2cccc(C(F)(F)F)c2)c1. The summed E-state index contributed by atoms with van der Waals surface area (Å²) >= 11 is 0. The zero-order valence-electron chi connectivity index (χ0n) is 16.0. The monoisotopic (exact) mass is 415 g/mol. The molecule has 0 saturated heterocycles. The van der Waals surface area contributed by atoms with Gasteiger partial charge in [0.1, 0.15) is 0 Å². The number of alkyl halides is 3. The first kappa shape index (κ1) is 20.2. The lowest BCUT2D eigenvalue weighted by molar-refractivity contribution is -0.384. The van der Waals surface area contributed by atoms with Crippen molar-refractivity contribution in [1.29, 1.82) is 0 Å². The minimum Gasteiger partial charge on any atom is -0.350 e. The number of hydrogen-bond donors (Lipinski definition) is 0. The zero-order valence-corrected chi connectivity index (χ0v) is 16.0. The van der Waals surface area contributed by atoms with E-state index >= 15 is 0 Å². The maximum Gasteiger partial charge on any atom is 0.416 e. The summed E-state index contributed by atoms with van der Waals surface area (Å²) in [4.78, 5) is 12.8. The van der Waals surface area contributed by atoms with Crippen molar-refractivity contribution in [1.82, 2.24) is 9.47 Å². The van der Waals surface area contributed by atoms with Crippen LogP contribution in [-0.4, -0.2) is 20.9 Å². The second-order valence-electron chi connectivity index (χ2n) is 7.40. The third-order valence-electron chi connectivity index (χ3n) is 5.39. The third kappa shape index (κ3) is 4.09. The van der Waals surface area contributed by atoms with Crippen LogP contribution < -0.4 is 0 Å². The maximum atomic E-state index is 13.3. The number of nitrogens with zero attached hydrogens (tertiary/aromatic N) is 3. The highest BCUT2D eigenvalue weighted by atomic mass is 19.4. The number of non-ortho nitro benzene ring substituents is 1. The van der Waals surface area contributed by atoms with Crippen LogP contribution >= 0.6 is 0 Å². The van der Waals surface area contributed by atoms with E-state index in [0.717, 1.165) is 30.3 Å². The first-order valence-electron chi connectivity index (χ1n) is 9.62. The van der Waals surface area contributed by atoms with E-state index in [1.54, 1.807) is 18.2 Å². The molecule has 0 N–H and O–H groups in total. The molecular formula is C22H20F3N3O2. The molecule has 0 unspecified atom stereocenters. The summed E-state index contributed by atoms with van der Waals surface area (Å²) in [6, 6.07) is 15.2. The number of nitro benzene ring substituents is 1. The number of hydrogen-bond acceptors (Lipinski definition) is 3. The van der Waals surface area contributed by atoms with Gasteiger partial charge in [0.25, 0.3) is 5.69 Å². The lowest BCUT2D eigenvalue weighted by atomic mass is 9.98. The third-order valence-corrected chi connectivity index (χ3v) is 5.39. The average molecular weight is 415 g/mol. The van der Waals surface area contributed by atoms with Gasteiger partial charge in [-0.1, -0.05) is 24.3 Å². The van der Waals surface area contributed by atoms with Crippen molar-refractivity contribution in [3.05, 3.63) is 99.4 Å². The quantitative estimate of drug-likeness (QED) is 0.423. The molecule has 30 heavy (non-hydrogen) atoms. The molecule has 1 aromatic heterocycles. The molecule has 156 valence electrons. The van der Waals surface area contributed by atoms with Crippen molar-refractivity contribution in [3.63, 3.8) is 0 Å². The molecular weight excluding hydrogens is 395 g/mol. The Hall–Kier alpha value is -3.13. The number of nitro groups is 1. The van der Waals surface area contributed by atoms with Gasteiger partial charge in [-0.05, 0) is 41.8 Å². The Bertz CT molecular complexity index is 1060. The second kappa shape index (κ2) is 7.95. The van der Waals surface area contributed by atoms with Gasteiger partial charge < -0.3 is 4.57 Å². The molecule has 1 atom stereocenters. The predicted molar refractivity (Wildman–Crippen MR) is 106 cm³/mol. The summed E-state index contributed by atoms with van der Waals surface area (Å²) in [5, 5.41) is 11.1. The van der Waals surface area contributed by atoms with Crippen LogP contribution in [0.4, 0.5) is 18.9 Å². The predicted octanol–water partition coefficient (Wildman–Crippen LogP) is 5.41. The van der Waals surface area contributed by atoms with Gasteiger partial charge in [-0.3, -0.25) is 15.0 Å². The summed E-state index contributed by atoms with van der Waals surface area (Å²) in [5.41, 5.74) is 1.54. The molecule has 1 aliphatic rings. The molecule has 3 aromatic rings. The van der Waals surface area contributed by atoms with E-state index in [4.69, 9.17) is 0 Å². The van der Waals surface area contributed by atoms with Crippen LogP contribution in [0.2, 0.25) is 0 Å². The van der Waals surface area contributed by atoms with Crippen molar-refractivity contribution in [3.8, 4) is 0 Å². The molecule has 5 nitrogen and oxygen atoms in total. The first-order chi connectivity index (χ1) is 14.3. The Morgan fingerprint density at radius 2 is 1.83 bits per heavy atom. The van der Waals surface area contributed by atoms with E-state index in [2.05, 4.69) is 9.47 Å². The van der Waals surface area contributed by atoms with Crippen molar-refractivity contribution >= 4 is 5.69 Å². The van der Waals surface area contributed by atoms with Crippen LogP contribution in [0.3, 0.4) is 0 Å². The molecule has 0 aliphatic carbocycles. The molecule has 0 spiro atoms. The van der Waals surface area contributed by atoms with Crippen molar-refractivity contribution in [2.24, 2.45) is 0 Å². The van der Waals surface area contributed by atoms with Crippen LogP contribution in [0.15, 0.2) is 66.9 Å².